The van der Waals surface area contributed by atoms with Gasteiger partial charge in [0.2, 0.25) is 11.7 Å². The highest BCUT2D eigenvalue weighted by molar-refractivity contribution is 5.51. The van der Waals surface area contributed by atoms with Crippen molar-refractivity contribution in [2.24, 2.45) is 0 Å². The van der Waals surface area contributed by atoms with Crippen LogP contribution in [-0.2, 0) is 19.4 Å². The van der Waals surface area contributed by atoms with Crippen LogP contribution < -0.4 is 5.32 Å². The normalized spacial score (nSPS) is 15.7. The first-order valence-electron chi connectivity index (χ1n) is 7.56. The Bertz CT molecular complexity index is 770. The van der Waals surface area contributed by atoms with Crippen LogP contribution in [0.4, 0.5) is 0 Å². The SMILES string of the molecule is OCC1(NCc2nc(-c3ccoc3)no2)Cc2ccccc2C1. The molecule has 0 radical (unpaired) electrons. The van der Waals surface area contributed by atoms with Crippen molar-refractivity contribution in [3.63, 3.8) is 0 Å². The van der Waals surface area contributed by atoms with Gasteiger partial charge >= 0.3 is 0 Å². The second-order valence-corrected chi connectivity index (χ2v) is 5.94. The van der Waals surface area contributed by atoms with Crippen molar-refractivity contribution in [1.82, 2.24) is 15.5 Å². The van der Waals surface area contributed by atoms with Crippen LogP contribution >= 0.6 is 0 Å². The highest BCUT2D eigenvalue weighted by Crippen LogP contribution is 2.30. The summed E-state index contributed by atoms with van der Waals surface area (Å²) in [6.45, 7) is 0.476. The molecular formula is C17H17N3O3. The molecule has 3 aromatic rings. The van der Waals surface area contributed by atoms with E-state index in [0.29, 0.717) is 18.3 Å². The van der Waals surface area contributed by atoms with Crippen molar-refractivity contribution in [2.75, 3.05) is 6.61 Å². The minimum absolute atomic E-state index is 0.0599. The molecule has 0 saturated heterocycles. The summed E-state index contributed by atoms with van der Waals surface area (Å²) < 4.78 is 10.3. The summed E-state index contributed by atoms with van der Waals surface area (Å²) in [4.78, 5) is 4.35. The lowest BCUT2D eigenvalue weighted by molar-refractivity contribution is 0.161. The number of aliphatic hydroxyl groups excluding tert-OH is 1. The van der Waals surface area contributed by atoms with Crippen molar-refractivity contribution in [3.05, 3.63) is 59.9 Å². The number of rotatable bonds is 5. The van der Waals surface area contributed by atoms with Crippen molar-refractivity contribution >= 4 is 0 Å². The summed E-state index contributed by atoms with van der Waals surface area (Å²) in [5.41, 5.74) is 2.97. The Morgan fingerprint density at radius 1 is 1.17 bits per heavy atom. The maximum absolute atomic E-state index is 9.88. The van der Waals surface area contributed by atoms with Gasteiger partial charge in [0.1, 0.15) is 6.26 Å². The van der Waals surface area contributed by atoms with Crippen molar-refractivity contribution in [2.45, 2.75) is 24.9 Å². The van der Waals surface area contributed by atoms with Gasteiger partial charge in [-0.05, 0) is 30.0 Å². The summed E-state index contributed by atoms with van der Waals surface area (Å²) in [5, 5.41) is 17.2. The molecule has 1 aromatic carbocycles. The van der Waals surface area contributed by atoms with Gasteiger partial charge in [0.15, 0.2) is 0 Å². The molecule has 23 heavy (non-hydrogen) atoms. The van der Waals surface area contributed by atoms with Crippen LogP contribution in [0.15, 0.2) is 51.8 Å². The average Bonchev–Trinajstić information content (AvgIpc) is 3.30. The number of nitrogens with zero attached hydrogens (tertiary/aromatic N) is 2. The number of benzene rings is 1. The van der Waals surface area contributed by atoms with E-state index in [1.165, 1.54) is 11.1 Å². The van der Waals surface area contributed by atoms with Crippen LogP contribution in [0.25, 0.3) is 11.4 Å². The van der Waals surface area contributed by atoms with Crippen LogP contribution in [0.5, 0.6) is 0 Å². The van der Waals surface area contributed by atoms with Crippen LogP contribution in [0.2, 0.25) is 0 Å². The van der Waals surface area contributed by atoms with Crippen molar-refractivity contribution in [3.8, 4) is 11.4 Å². The van der Waals surface area contributed by atoms with Crippen molar-refractivity contribution < 1.29 is 14.0 Å². The first-order chi connectivity index (χ1) is 11.3. The third-order valence-electron chi connectivity index (χ3n) is 4.34. The van der Waals surface area contributed by atoms with Gasteiger partial charge in [-0.2, -0.15) is 4.98 Å². The molecule has 0 amide bonds. The van der Waals surface area contributed by atoms with E-state index < -0.39 is 0 Å². The Hall–Kier alpha value is -2.44. The smallest absolute Gasteiger partial charge is 0.240 e. The Balaban J connectivity index is 1.46. The van der Waals surface area contributed by atoms with Gasteiger partial charge in [-0.3, -0.25) is 0 Å². The van der Waals surface area contributed by atoms with Crippen LogP contribution in [0.1, 0.15) is 17.0 Å². The fourth-order valence-corrected chi connectivity index (χ4v) is 3.09. The molecule has 0 atom stereocenters. The van der Waals surface area contributed by atoms with E-state index >= 15 is 0 Å². The molecule has 0 fully saturated rings. The Morgan fingerprint density at radius 3 is 2.61 bits per heavy atom. The minimum Gasteiger partial charge on any atom is -0.472 e. The second-order valence-electron chi connectivity index (χ2n) is 5.94. The number of aromatic nitrogens is 2. The second kappa shape index (κ2) is 5.64. The Labute approximate surface area is 133 Å². The van der Waals surface area contributed by atoms with Crippen LogP contribution in [-0.4, -0.2) is 27.4 Å². The molecule has 0 saturated carbocycles. The lowest BCUT2D eigenvalue weighted by Crippen LogP contribution is -2.49. The summed E-state index contributed by atoms with van der Waals surface area (Å²) in [5.74, 6) is 0.994. The zero-order chi connectivity index (χ0) is 15.7. The van der Waals surface area contributed by atoms with E-state index in [1.807, 2.05) is 12.1 Å². The van der Waals surface area contributed by atoms with Gasteiger partial charge in [0, 0.05) is 5.54 Å². The first-order valence-corrected chi connectivity index (χ1v) is 7.56. The molecule has 0 aliphatic heterocycles. The third kappa shape index (κ3) is 2.67. The third-order valence-corrected chi connectivity index (χ3v) is 4.34. The van der Waals surface area contributed by atoms with Crippen LogP contribution in [0.3, 0.4) is 0 Å². The van der Waals surface area contributed by atoms with E-state index in [2.05, 4.69) is 27.6 Å². The van der Waals surface area contributed by atoms with E-state index in [9.17, 15) is 5.11 Å². The molecule has 1 aliphatic carbocycles. The molecule has 0 bridgehead atoms. The summed E-state index contributed by atoms with van der Waals surface area (Å²) in [6.07, 6.45) is 4.73. The number of aliphatic hydroxyl groups is 1. The van der Waals surface area contributed by atoms with Gasteiger partial charge in [0.25, 0.3) is 0 Å². The van der Waals surface area contributed by atoms with E-state index in [0.717, 1.165) is 18.4 Å². The highest BCUT2D eigenvalue weighted by Gasteiger charge is 2.36. The summed E-state index contributed by atoms with van der Waals surface area (Å²) >= 11 is 0. The zero-order valence-corrected chi connectivity index (χ0v) is 12.5. The number of hydrogen-bond donors (Lipinski definition) is 2. The standard InChI is InChI=1S/C17H17N3O3/c21-11-17(7-12-3-1-2-4-13(12)8-17)18-9-15-19-16(20-23-15)14-5-6-22-10-14/h1-6,10,18,21H,7-9,11H2. The maximum Gasteiger partial charge on any atom is 0.240 e. The molecule has 1 aliphatic rings. The quantitative estimate of drug-likeness (QED) is 0.749. The zero-order valence-electron chi connectivity index (χ0n) is 12.5. The van der Waals surface area contributed by atoms with Gasteiger partial charge in [0.05, 0.1) is 25.0 Å². The van der Waals surface area contributed by atoms with E-state index in [1.54, 1.807) is 18.6 Å². The monoisotopic (exact) mass is 311 g/mol. The molecule has 2 N–H and O–H groups in total. The topological polar surface area (TPSA) is 84.3 Å². The molecule has 6 heteroatoms. The van der Waals surface area contributed by atoms with Gasteiger partial charge in [-0.25, -0.2) is 0 Å². The first kappa shape index (κ1) is 14.2. The lowest BCUT2D eigenvalue weighted by Gasteiger charge is -2.27. The largest absolute Gasteiger partial charge is 0.472 e. The maximum atomic E-state index is 9.88. The molecule has 6 nitrogen and oxygen atoms in total. The van der Waals surface area contributed by atoms with E-state index in [-0.39, 0.29) is 12.1 Å². The van der Waals surface area contributed by atoms with Gasteiger partial charge < -0.3 is 19.4 Å². The highest BCUT2D eigenvalue weighted by atomic mass is 16.5. The number of nitrogens with one attached hydrogen (secondary N) is 1. The molecule has 2 aromatic heterocycles. The van der Waals surface area contributed by atoms with E-state index in [4.69, 9.17) is 8.94 Å². The lowest BCUT2D eigenvalue weighted by atomic mass is 9.97. The molecule has 4 rings (SSSR count). The molecule has 2 heterocycles. The molecule has 0 unspecified atom stereocenters. The molecule has 118 valence electrons. The Morgan fingerprint density at radius 2 is 1.96 bits per heavy atom. The fraction of sp³-hybridized carbons (Fsp3) is 0.294. The number of hydrogen-bond acceptors (Lipinski definition) is 6. The average molecular weight is 311 g/mol. The minimum atomic E-state index is -0.367. The fourth-order valence-electron chi connectivity index (χ4n) is 3.09. The predicted octanol–water partition coefficient (Wildman–Crippen LogP) is 1.95. The van der Waals surface area contributed by atoms with Crippen LogP contribution in [0, 0.1) is 0 Å². The van der Waals surface area contributed by atoms with Gasteiger partial charge in [-0.1, -0.05) is 29.4 Å². The number of fused-ring (bicyclic) bond motifs is 1. The molecule has 0 spiro atoms. The number of furan rings is 1. The summed E-state index contributed by atoms with van der Waals surface area (Å²) in [7, 11) is 0. The predicted molar refractivity (Wildman–Crippen MR) is 82.5 cm³/mol. The Kier molecular flexibility index (Phi) is 3.48. The summed E-state index contributed by atoms with van der Waals surface area (Å²) in [6, 6.07) is 10.1. The molecular weight excluding hydrogens is 294 g/mol. The van der Waals surface area contributed by atoms with Gasteiger partial charge in [-0.15, -0.1) is 0 Å². The van der Waals surface area contributed by atoms with Crippen molar-refractivity contribution in [1.29, 1.82) is 0 Å².